The predicted molar refractivity (Wildman–Crippen MR) is 93.8 cm³/mol. The van der Waals surface area contributed by atoms with Crippen LogP contribution in [0.15, 0.2) is 0 Å². The number of amides is 2. The highest BCUT2D eigenvalue weighted by Gasteiger charge is 2.72. The van der Waals surface area contributed by atoms with E-state index in [-0.39, 0.29) is 29.3 Å². The van der Waals surface area contributed by atoms with Gasteiger partial charge in [-0.15, -0.1) is 0 Å². The molecule has 1 aliphatic heterocycles. The molecule has 0 unspecified atom stereocenters. The number of rotatable bonds is 3. The van der Waals surface area contributed by atoms with Crippen molar-refractivity contribution in [2.24, 2.45) is 16.2 Å². The molecule has 0 radical (unpaired) electrons. The van der Waals surface area contributed by atoms with Gasteiger partial charge in [0.1, 0.15) is 6.61 Å². The van der Waals surface area contributed by atoms with Crippen LogP contribution in [0.25, 0.3) is 0 Å². The maximum Gasteiger partial charge on any atom is 0.248 e. The number of ether oxygens (including phenoxy) is 1. The molecular formula is C19H32N2O4. The van der Waals surface area contributed by atoms with Crippen molar-refractivity contribution in [3.63, 3.8) is 0 Å². The zero-order valence-electron chi connectivity index (χ0n) is 16.0. The molecule has 0 aromatic heterocycles. The third-order valence-corrected chi connectivity index (χ3v) is 7.79. The summed E-state index contributed by atoms with van der Waals surface area (Å²) in [7, 11) is 1.52. The molecule has 1 N–H and O–H groups in total. The van der Waals surface area contributed by atoms with E-state index in [4.69, 9.17) is 4.74 Å². The molecule has 6 heteroatoms. The lowest BCUT2D eigenvalue weighted by atomic mass is 9.64. The number of carbonyl (C=O) groups is 2. The minimum Gasteiger partial charge on any atom is -0.393 e. The number of aliphatic hydroxyl groups excluding tert-OH is 1. The summed E-state index contributed by atoms with van der Waals surface area (Å²) in [5, 5.41) is 10.6. The van der Waals surface area contributed by atoms with Gasteiger partial charge >= 0.3 is 0 Å². The van der Waals surface area contributed by atoms with Crippen LogP contribution in [0.1, 0.15) is 46.5 Å². The van der Waals surface area contributed by atoms with Crippen LogP contribution in [-0.2, 0) is 14.3 Å². The smallest absolute Gasteiger partial charge is 0.248 e. The molecule has 3 aliphatic rings. The lowest BCUT2D eigenvalue weighted by Gasteiger charge is -2.42. The molecule has 0 spiro atoms. The summed E-state index contributed by atoms with van der Waals surface area (Å²) in [5.41, 5.74) is -0.865. The zero-order chi connectivity index (χ0) is 18.5. The van der Waals surface area contributed by atoms with E-state index in [1.807, 2.05) is 4.90 Å². The molecule has 2 saturated carbocycles. The van der Waals surface area contributed by atoms with E-state index in [0.29, 0.717) is 32.6 Å². The summed E-state index contributed by atoms with van der Waals surface area (Å²) in [4.78, 5) is 29.3. The Morgan fingerprint density at radius 2 is 1.72 bits per heavy atom. The maximum atomic E-state index is 13.5. The first-order chi connectivity index (χ1) is 11.7. The normalized spacial score (nSPS) is 37.2. The number of carbonyl (C=O) groups excluding carboxylic acids is 2. The van der Waals surface area contributed by atoms with E-state index in [1.54, 1.807) is 4.90 Å². The van der Waals surface area contributed by atoms with Crippen LogP contribution in [0.4, 0.5) is 0 Å². The summed E-state index contributed by atoms with van der Waals surface area (Å²) in [6, 6.07) is 0. The van der Waals surface area contributed by atoms with Crippen molar-refractivity contribution < 1.29 is 19.4 Å². The first-order valence-corrected chi connectivity index (χ1v) is 9.44. The Bertz CT molecular complexity index is 564. The fraction of sp³-hybridized carbons (Fsp3) is 0.895. The van der Waals surface area contributed by atoms with Gasteiger partial charge in [-0.2, -0.15) is 0 Å². The standard InChI is InChI=1S/C19H32N2O4/c1-17(2)18(3)6-7-19(17,12-14(18)22)16(24)21-9-5-8-20(10-11-21)15(23)13-25-4/h14,22H,5-13H2,1-4H3/t14-,18+,19-/m0/s1. The molecule has 2 bridgehead atoms. The van der Waals surface area contributed by atoms with Crippen molar-refractivity contribution in [2.75, 3.05) is 39.9 Å². The van der Waals surface area contributed by atoms with Crippen LogP contribution < -0.4 is 0 Å². The van der Waals surface area contributed by atoms with Crippen molar-refractivity contribution in [3.8, 4) is 0 Å². The number of fused-ring (bicyclic) bond motifs is 2. The summed E-state index contributed by atoms with van der Waals surface area (Å²) in [5.74, 6) is 0.166. The average molecular weight is 352 g/mol. The molecule has 6 nitrogen and oxygen atoms in total. The van der Waals surface area contributed by atoms with Crippen molar-refractivity contribution in [2.45, 2.75) is 52.6 Å². The lowest BCUT2D eigenvalue weighted by Crippen LogP contribution is -2.49. The monoisotopic (exact) mass is 352 g/mol. The number of methoxy groups -OCH3 is 1. The molecule has 0 aromatic carbocycles. The van der Waals surface area contributed by atoms with E-state index in [1.165, 1.54) is 7.11 Å². The van der Waals surface area contributed by atoms with E-state index in [2.05, 4.69) is 20.8 Å². The number of hydrogen-bond donors (Lipinski definition) is 1. The number of hydrogen-bond acceptors (Lipinski definition) is 4. The van der Waals surface area contributed by atoms with Crippen LogP contribution >= 0.6 is 0 Å². The van der Waals surface area contributed by atoms with Gasteiger partial charge in [0.2, 0.25) is 11.8 Å². The van der Waals surface area contributed by atoms with Crippen molar-refractivity contribution >= 4 is 11.8 Å². The van der Waals surface area contributed by atoms with Gasteiger partial charge in [-0.3, -0.25) is 9.59 Å². The highest BCUT2D eigenvalue weighted by atomic mass is 16.5. The van der Waals surface area contributed by atoms with Gasteiger partial charge in [0.25, 0.3) is 0 Å². The van der Waals surface area contributed by atoms with Crippen LogP contribution in [0.2, 0.25) is 0 Å². The Labute approximate surface area is 150 Å². The van der Waals surface area contributed by atoms with E-state index < -0.39 is 11.5 Å². The SMILES string of the molecule is COCC(=O)N1CCCN(C(=O)[C@]23CC[C@](C)([C@@H](O)C2)C3(C)C)CC1. The van der Waals surface area contributed by atoms with Crippen LogP contribution in [0.3, 0.4) is 0 Å². The van der Waals surface area contributed by atoms with Gasteiger partial charge < -0.3 is 19.6 Å². The second-order valence-corrected chi connectivity index (χ2v) is 8.80. The molecule has 3 atom stereocenters. The topological polar surface area (TPSA) is 70.1 Å². The minimum absolute atomic E-state index is 0.0139. The van der Waals surface area contributed by atoms with Gasteiger partial charge in [0.05, 0.1) is 11.5 Å². The first-order valence-electron chi connectivity index (χ1n) is 9.44. The molecule has 2 amide bonds. The second-order valence-electron chi connectivity index (χ2n) is 8.80. The third kappa shape index (κ3) is 2.52. The highest BCUT2D eigenvalue weighted by Crippen LogP contribution is 2.72. The zero-order valence-corrected chi connectivity index (χ0v) is 16.0. The lowest BCUT2D eigenvalue weighted by molar-refractivity contribution is -0.148. The quantitative estimate of drug-likeness (QED) is 0.830. The predicted octanol–water partition coefficient (Wildman–Crippen LogP) is 1.27. The van der Waals surface area contributed by atoms with Gasteiger partial charge in [-0.05, 0) is 36.5 Å². The van der Waals surface area contributed by atoms with E-state index in [0.717, 1.165) is 19.3 Å². The molecule has 3 rings (SSSR count). The van der Waals surface area contributed by atoms with Gasteiger partial charge in [-0.25, -0.2) is 0 Å². The molecule has 25 heavy (non-hydrogen) atoms. The Morgan fingerprint density at radius 3 is 2.28 bits per heavy atom. The molecule has 0 aromatic rings. The fourth-order valence-corrected chi connectivity index (χ4v) is 5.49. The minimum atomic E-state index is -0.465. The van der Waals surface area contributed by atoms with Crippen molar-refractivity contribution in [1.82, 2.24) is 9.80 Å². The summed E-state index contributed by atoms with van der Waals surface area (Å²) in [6.07, 6.45) is 2.70. The Kier molecular flexibility index (Phi) is 4.65. The van der Waals surface area contributed by atoms with Crippen molar-refractivity contribution in [1.29, 1.82) is 0 Å². The highest BCUT2D eigenvalue weighted by molar-refractivity contribution is 5.85. The molecule has 1 heterocycles. The summed E-state index contributed by atoms with van der Waals surface area (Å²) < 4.78 is 4.94. The molecule has 1 saturated heterocycles. The number of nitrogens with zero attached hydrogens (tertiary/aromatic N) is 2. The third-order valence-electron chi connectivity index (χ3n) is 7.79. The van der Waals surface area contributed by atoms with E-state index in [9.17, 15) is 14.7 Å². The average Bonchev–Trinajstić information content (AvgIpc) is 2.79. The largest absolute Gasteiger partial charge is 0.393 e. The van der Waals surface area contributed by atoms with Gasteiger partial charge in [-0.1, -0.05) is 20.8 Å². The molecule has 3 fully saturated rings. The van der Waals surface area contributed by atoms with Crippen LogP contribution in [0.5, 0.6) is 0 Å². The Balaban J connectivity index is 1.75. The number of aliphatic hydroxyl groups is 1. The summed E-state index contributed by atoms with van der Waals surface area (Å²) in [6.45, 7) is 9.01. The first kappa shape index (κ1) is 18.6. The second kappa shape index (κ2) is 6.23. The van der Waals surface area contributed by atoms with Crippen molar-refractivity contribution in [3.05, 3.63) is 0 Å². The molecule has 142 valence electrons. The molecular weight excluding hydrogens is 320 g/mol. The van der Waals surface area contributed by atoms with Crippen LogP contribution in [-0.4, -0.2) is 72.7 Å². The van der Waals surface area contributed by atoms with Gasteiger partial charge in [0.15, 0.2) is 0 Å². The fourth-order valence-electron chi connectivity index (χ4n) is 5.49. The Hall–Kier alpha value is -1.14. The molecule has 2 aliphatic carbocycles. The maximum absolute atomic E-state index is 13.5. The van der Waals surface area contributed by atoms with Gasteiger partial charge in [0, 0.05) is 33.3 Å². The summed E-state index contributed by atoms with van der Waals surface area (Å²) >= 11 is 0. The van der Waals surface area contributed by atoms with E-state index >= 15 is 0 Å². The Morgan fingerprint density at radius 1 is 1.08 bits per heavy atom. The van der Waals surface area contributed by atoms with Crippen LogP contribution in [0, 0.1) is 16.2 Å².